The van der Waals surface area contributed by atoms with Gasteiger partial charge in [-0.25, -0.2) is 4.79 Å². The Morgan fingerprint density at radius 2 is 1.42 bits per heavy atom. The number of aliphatic carboxylic acids is 1. The van der Waals surface area contributed by atoms with Crippen molar-refractivity contribution in [3.63, 3.8) is 0 Å². The first-order valence-electron chi connectivity index (χ1n) is 13.5. The maximum absolute atomic E-state index is 13.6. The van der Waals surface area contributed by atoms with Crippen molar-refractivity contribution < 1.29 is 29.0 Å². The fourth-order valence-electron chi connectivity index (χ4n) is 5.61. The summed E-state index contributed by atoms with van der Waals surface area (Å²) in [5, 5.41) is 12.2. The Morgan fingerprint density at radius 3 is 2.00 bits per heavy atom. The average molecular weight is 521 g/mol. The zero-order valence-corrected chi connectivity index (χ0v) is 21.8. The van der Waals surface area contributed by atoms with E-state index >= 15 is 0 Å². The zero-order valence-electron chi connectivity index (χ0n) is 21.8. The number of likely N-dealkylation sites (tertiary alicyclic amines) is 1. The first kappa shape index (κ1) is 27.4. The maximum atomic E-state index is 13.6. The Hall–Kier alpha value is -3.68. The Kier molecular flexibility index (Phi) is 9.15. The van der Waals surface area contributed by atoms with Gasteiger partial charge in [0.1, 0.15) is 12.1 Å². The SMILES string of the molecule is C[C@H](NC(=O)[C@@H]1CCCCC[C@@H]1C(=O)OC(c1ccccc1)c1ccccc1)C(=O)N1CCC[C@H]1C(=O)O. The second kappa shape index (κ2) is 12.7. The molecule has 8 heteroatoms. The monoisotopic (exact) mass is 520 g/mol. The highest BCUT2D eigenvalue weighted by Gasteiger charge is 2.40. The molecule has 8 nitrogen and oxygen atoms in total. The lowest BCUT2D eigenvalue weighted by molar-refractivity contribution is -0.157. The summed E-state index contributed by atoms with van der Waals surface area (Å²) in [5.74, 6) is -3.49. The number of amides is 2. The number of nitrogens with zero attached hydrogens (tertiary/aromatic N) is 1. The molecule has 1 heterocycles. The van der Waals surface area contributed by atoms with Crippen molar-refractivity contribution in [1.82, 2.24) is 10.2 Å². The Bertz CT molecular complexity index is 1080. The number of esters is 1. The molecule has 38 heavy (non-hydrogen) atoms. The summed E-state index contributed by atoms with van der Waals surface area (Å²) in [4.78, 5) is 52.9. The highest BCUT2D eigenvalue weighted by atomic mass is 16.5. The molecule has 0 aromatic heterocycles. The van der Waals surface area contributed by atoms with Crippen LogP contribution in [0.5, 0.6) is 0 Å². The summed E-state index contributed by atoms with van der Waals surface area (Å²) < 4.78 is 6.11. The van der Waals surface area contributed by atoms with Crippen LogP contribution in [0.2, 0.25) is 0 Å². The molecule has 202 valence electrons. The molecule has 2 aliphatic rings. The predicted octanol–water partition coefficient (Wildman–Crippen LogP) is 4.10. The lowest BCUT2D eigenvalue weighted by Crippen LogP contribution is -2.52. The quantitative estimate of drug-likeness (QED) is 0.400. The minimum Gasteiger partial charge on any atom is -0.480 e. The fraction of sp³-hybridized carbons (Fsp3) is 0.467. The van der Waals surface area contributed by atoms with Gasteiger partial charge in [-0.3, -0.25) is 14.4 Å². The van der Waals surface area contributed by atoms with Crippen LogP contribution in [0.3, 0.4) is 0 Å². The van der Waals surface area contributed by atoms with E-state index in [9.17, 15) is 24.3 Å². The molecule has 2 N–H and O–H groups in total. The molecule has 2 aromatic carbocycles. The van der Waals surface area contributed by atoms with Crippen LogP contribution in [0.4, 0.5) is 0 Å². The number of carbonyl (C=O) groups excluding carboxylic acids is 3. The molecule has 2 amide bonds. The van der Waals surface area contributed by atoms with Crippen LogP contribution in [-0.4, -0.2) is 52.4 Å². The summed E-state index contributed by atoms with van der Waals surface area (Å²) in [5.41, 5.74) is 1.69. The van der Waals surface area contributed by atoms with Crippen molar-refractivity contribution in [2.45, 2.75) is 70.1 Å². The first-order chi connectivity index (χ1) is 18.4. The highest BCUT2D eigenvalue weighted by molar-refractivity contribution is 5.92. The van der Waals surface area contributed by atoms with E-state index < -0.39 is 47.9 Å². The average Bonchev–Trinajstić information content (AvgIpc) is 3.30. The normalized spacial score (nSPS) is 22.4. The van der Waals surface area contributed by atoms with E-state index in [1.807, 2.05) is 60.7 Å². The molecular weight excluding hydrogens is 484 g/mol. The predicted molar refractivity (Wildman–Crippen MR) is 141 cm³/mol. The van der Waals surface area contributed by atoms with Crippen LogP contribution < -0.4 is 5.32 Å². The second-order valence-electron chi connectivity index (χ2n) is 10.2. The maximum Gasteiger partial charge on any atom is 0.326 e. The van der Waals surface area contributed by atoms with Gasteiger partial charge in [0.15, 0.2) is 6.10 Å². The molecule has 1 aliphatic heterocycles. The molecular formula is C30H36N2O6. The van der Waals surface area contributed by atoms with Gasteiger partial charge in [0.05, 0.1) is 11.8 Å². The minimum absolute atomic E-state index is 0.356. The number of hydrogen-bond acceptors (Lipinski definition) is 5. The van der Waals surface area contributed by atoms with Crippen molar-refractivity contribution in [1.29, 1.82) is 0 Å². The second-order valence-corrected chi connectivity index (χ2v) is 10.2. The van der Waals surface area contributed by atoms with E-state index in [1.165, 1.54) is 4.90 Å². The first-order valence-corrected chi connectivity index (χ1v) is 13.5. The van der Waals surface area contributed by atoms with Gasteiger partial charge in [0.2, 0.25) is 11.8 Å². The molecule has 0 radical (unpaired) electrons. The van der Waals surface area contributed by atoms with Gasteiger partial charge < -0.3 is 20.1 Å². The fourth-order valence-corrected chi connectivity index (χ4v) is 5.61. The van der Waals surface area contributed by atoms with Gasteiger partial charge in [0.25, 0.3) is 0 Å². The smallest absolute Gasteiger partial charge is 0.326 e. The van der Waals surface area contributed by atoms with Gasteiger partial charge in [-0.15, -0.1) is 0 Å². The summed E-state index contributed by atoms with van der Waals surface area (Å²) in [6.45, 7) is 1.93. The van der Waals surface area contributed by atoms with Crippen molar-refractivity contribution in [3.8, 4) is 0 Å². The number of nitrogens with one attached hydrogen (secondary N) is 1. The lowest BCUT2D eigenvalue weighted by Gasteiger charge is -2.29. The van der Waals surface area contributed by atoms with Gasteiger partial charge >= 0.3 is 11.9 Å². The van der Waals surface area contributed by atoms with E-state index in [0.717, 1.165) is 30.4 Å². The largest absolute Gasteiger partial charge is 0.480 e. The molecule has 1 saturated heterocycles. The number of hydrogen-bond donors (Lipinski definition) is 2. The van der Waals surface area contributed by atoms with Crippen LogP contribution in [0.25, 0.3) is 0 Å². The summed E-state index contributed by atoms with van der Waals surface area (Å²) in [6, 6.07) is 17.3. The minimum atomic E-state index is -1.03. The third-order valence-electron chi connectivity index (χ3n) is 7.64. The van der Waals surface area contributed by atoms with Gasteiger partial charge in [-0.05, 0) is 43.7 Å². The Labute approximate surface area is 223 Å². The Morgan fingerprint density at radius 1 is 0.842 bits per heavy atom. The standard InChI is InChI=1S/C30H36N2O6/c1-20(28(34)32-19-11-18-25(32)29(35)36)31-27(33)23-16-9-4-10-17-24(23)30(37)38-26(21-12-5-2-6-13-21)22-14-7-3-8-15-22/h2-3,5-8,12-15,20,23-26H,4,9-11,16-19H2,1H3,(H,31,33)(H,35,36)/t20-,23+,24-,25-/m0/s1. The van der Waals surface area contributed by atoms with E-state index in [1.54, 1.807) is 6.92 Å². The molecule has 2 fully saturated rings. The third kappa shape index (κ3) is 6.41. The van der Waals surface area contributed by atoms with E-state index in [4.69, 9.17) is 4.74 Å². The van der Waals surface area contributed by atoms with Crippen molar-refractivity contribution >= 4 is 23.8 Å². The van der Waals surface area contributed by atoms with E-state index in [-0.39, 0.29) is 5.91 Å². The Balaban J connectivity index is 1.49. The van der Waals surface area contributed by atoms with Gasteiger partial charge in [-0.1, -0.05) is 79.9 Å². The van der Waals surface area contributed by atoms with Crippen molar-refractivity contribution in [3.05, 3.63) is 71.8 Å². The molecule has 4 rings (SSSR count). The molecule has 1 saturated carbocycles. The molecule has 0 spiro atoms. The van der Waals surface area contributed by atoms with Crippen LogP contribution in [0.1, 0.15) is 69.1 Å². The molecule has 0 unspecified atom stereocenters. The van der Waals surface area contributed by atoms with E-state index in [0.29, 0.717) is 32.2 Å². The zero-order chi connectivity index (χ0) is 27.1. The summed E-state index contributed by atoms with van der Waals surface area (Å²) >= 11 is 0. The number of rotatable bonds is 8. The number of carboxylic acids is 1. The van der Waals surface area contributed by atoms with Gasteiger partial charge in [0, 0.05) is 6.54 Å². The number of carbonyl (C=O) groups is 4. The number of ether oxygens (including phenoxy) is 1. The topological polar surface area (TPSA) is 113 Å². The summed E-state index contributed by atoms with van der Waals surface area (Å²) in [7, 11) is 0. The molecule has 0 bridgehead atoms. The molecule has 2 aromatic rings. The van der Waals surface area contributed by atoms with Crippen molar-refractivity contribution in [2.75, 3.05) is 6.54 Å². The van der Waals surface area contributed by atoms with Crippen LogP contribution >= 0.6 is 0 Å². The van der Waals surface area contributed by atoms with Crippen molar-refractivity contribution in [2.24, 2.45) is 11.8 Å². The molecule has 1 aliphatic carbocycles. The van der Waals surface area contributed by atoms with Gasteiger partial charge in [-0.2, -0.15) is 0 Å². The molecule has 4 atom stereocenters. The van der Waals surface area contributed by atoms with Crippen LogP contribution in [0, 0.1) is 11.8 Å². The lowest BCUT2D eigenvalue weighted by atomic mass is 9.86. The van der Waals surface area contributed by atoms with Crippen LogP contribution in [0.15, 0.2) is 60.7 Å². The van der Waals surface area contributed by atoms with E-state index in [2.05, 4.69) is 5.32 Å². The highest BCUT2D eigenvalue weighted by Crippen LogP contribution is 2.34. The van der Waals surface area contributed by atoms with Crippen LogP contribution in [-0.2, 0) is 23.9 Å². The third-order valence-corrected chi connectivity index (χ3v) is 7.64. The number of carboxylic acid groups (broad SMARTS) is 1. The summed E-state index contributed by atoms with van der Waals surface area (Å²) in [6.07, 6.45) is 4.01. The number of benzene rings is 2.